The molecular weight excluding hydrogens is 415 g/mol. The standard InChI is InChI=1S/C20H19FN6O3.C2H6/c1-25-10-22-18-17(25)19(28)26(11-23-18)9-16-24-27(20(29)30-16)15-7-4-13(8-15)12-2-5-14(21)6-3-12;1-2/h2-3,5-6,10-11,13,15H,4,7-9H2,1H3;1-2H3/t13-,15-;/m1./s1. The van der Waals surface area contributed by atoms with Crippen molar-refractivity contribution in [3.8, 4) is 0 Å². The third kappa shape index (κ3) is 4.00. The topological polar surface area (TPSA) is 101 Å². The Morgan fingerprint density at radius 3 is 2.56 bits per heavy atom. The second-order valence-electron chi connectivity index (χ2n) is 7.63. The number of aromatic nitrogens is 6. The van der Waals surface area contributed by atoms with Gasteiger partial charge in [0.05, 0.1) is 12.4 Å². The zero-order valence-corrected chi connectivity index (χ0v) is 18.2. The molecule has 0 N–H and O–H groups in total. The SMILES string of the molecule is CC.Cn1cnc2ncn(Cc3nn([C@@H]4CC[C@@H](c5ccc(F)cc5)C4)c(=O)o3)c(=O)c21. The fourth-order valence-electron chi connectivity index (χ4n) is 4.17. The largest absolute Gasteiger partial charge is 0.437 e. The van der Waals surface area contributed by atoms with Crippen LogP contribution >= 0.6 is 0 Å². The number of aryl methyl sites for hydroxylation is 1. The summed E-state index contributed by atoms with van der Waals surface area (Å²) in [6, 6.07) is 6.38. The van der Waals surface area contributed by atoms with Crippen LogP contribution in [0.15, 0.2) is 50.9 Å². The molecule has 10 heteroatoms. The lowest BCUT2D eigenvalue weighted by atomic mass is 9.97. The van der Waals surface area contributed by atoms with Gasteiger partial charge in [-0.05, 0) is 42.9 Å². The van der Waals surface area contributed by atoms with Crippen molar-refractivity contribution in [3.05, 3.63) is 75.1 Å². The molecule has 1 aliphatic carbocycles. The molecule has 0 amide bonds. The zero-order chi connectivity index (χ0) is 22.8. The summed E-state index contributed by atoms with van der Waals surface area (Å²) in [5.74, 6) is -0.422. The number of rotatable bonds is 4. The normalized spacial score (nSPS) is 18.0. The Labute approximate surface area is 183 Å². The van der Waals surface area contributed by atoms with E-state index in [0.717, 1.165) is 24.8 Å². The van der Waals surface area contributed by atoms with Gasteiger partial charge in [-0.25, -0.2) is 19.2 Å². The minimum atomic E-state index is -0.544. The maximum absolute atomic E-state index is 13.2. The van der Waals surface area contributed by atoms with E-state index in [9.17, 15) is 14.0 Å². The van der Waals surface area contributed by atoms with Crippen LogP contribution in [0.4, 0.5) is 4.39 Å². The predicted molar refractivity (Wildman–Crippen MR) is 116 cm³/mol. The molecule has 0 radical (unpaired) electrons. The summed E-state index contributed by atoms with van der Waals surface area (Å²) < 4.78 is 22.8. The number of hydrogen-bond acceptors (Lipinski definition) is 6. The molecule has 1 aromatic carbocycles. The van der Waals surface area contributed by atoms with Gasteiger partial charge in [0.25, 0.3) is 5.56 Å². The van der Waals surface area contributed by atoms with Crippen molar-refractivity contribution in [2.45, 2.75) is 51.6 Å². The first kappa shape index (κ1) is 21.7. The molecule has 9 nitrogen and oxygen atoms in total. The van der Waals surface area contributed by atoms with Crippen LogP contribution in [0.5, 0.6) is 0 Å². The van der Waals surface area contributed by atoms with Crippen LogP contribution in [-0.2, 0) is 13.6 Å². The van der Waals surface area contributed by atoms with Crippen LogP contribution in [0.3, 0.4) is 0 Å². The van der Waals surface area contributed by atoms with Gasteiger partial charge in [0.15, 0.2) is 11.2 Å². The average molecular weight is 440 g/mol. The molecule has 0 bridgehead atoms. The molecule has 1 fully saturated rings. The van der Waals surface area contributed by atoms with Crippen LogP contribution in [0.2, 0.25) is 0 Å². The summed E-state index contributed by atoms with van der Waals surface area (Å²) in [4.78, 5) is 33.3. The van der Waals surface area contributed by atoms with E-state index >= 15 is 0 Å². The van der Waals surface area contributed by atoms with E-state index in [1.54, 1.807) is 23.7 Å². The van der Waals surface area contributed by atoms with Gasteiger partial charge in [-0.1, -0.05) is 26.0 Å². The Hall–Kier alpha value is -3.56. The van der Waals surface area contributed by atoms with Crippen molar-refractivity contribution in [2.75, 3.05) is 0 Å². The summed E-state index contributed by atoms with van der Waals surface area (Å²) in [5, 5.41) is 4.33. The number of fused-ring (bicyclic) bond motifs is 1. The van der Waals surface area contributed by atoms with E-state index in [1.807, 2.05) is 13.8 Å². The molecule has 168 valence electrons. The first-order chi connectivity index (χ1) is 15.5. The Bertz CT molecular complexity index is 1330. The van der Waals surface area contributed by atoms with Crippen LogP contribution in [0, 0.1) is 5.82 Å². The second kappa shape index (κ2) is 8.89. The molecule has 1 aliphatic rings. The highest BCUT2D eigenvalue weighted by molar-refractivity contribution is 5.68. The lowest BCUT2D eigenvalue weighted by Gasteiger charge is -2.11. The number of benzene rings is 1. The lowest BCUT2D eigenvalue weighted by Crippen LogP contribution is -2.23. The van der Waals surface area contributed by atoms with Gasteiger partial charge in [0.2, 0.25) is 5.89 Å². The van der Waals surface area contributed by atoms with Gasteiger partial charge in [0.1, 0.15) is 18.7 Å². The molecule has 0 saturated heterocycles. The Morgan fingerprint density at radius 1 is 1.09 bits per heavy atom. The molecule has 2 atom stereocenters. The van der Waals surface area contributed by atoms with Crippen LogP contribution in [-0.4, -0.2) is 28.9 Å². The molecule has 4 aromatic rings. The third-order valence-electron chi connectivity index (χ3n) is 5.71. The van der Waals surface area contributed by atoms with E-state index in [4.69, 9.17) is 4.42 Å². The molecule has 3 aromatic heterocycles. The number of halogens is 1. The van der Waals surface area contributed by atoms with Gasteiger partial charge in [-0.15, -0.1) is 5.10 Å². The van der Waals surface area contributed by atoms with E-state index in [0.29, 0.717) is 11.2 Å². The summed E-state index contributed by atoms with van der Waals surface area (Å²) >= 11 is 0. The molecule has 32 heavy (non-hydrogen) atoms. The minimum absolute atomic E-state index is 0.00328. The maximum Gasteiger partial charge on any atom is 0.437 e. The Balaban J connectivity index is 0.00000119. The predicted octanol–water partition coefficient (Wildman–Crippen LogP) is 3.00. The molecule has 0 unspecified atom stereocenters. The number of nitrogens with zero attached hydrogens (tertiary/aromatic N) is 6. The third-order valence-corrected chi connectivity index (χ3v) is 5.71. The van der Waals surface area contributed by atoms with Crippen molar-refractivity contribution in [3.63, 3.8) is 0 Å². The van der Waals surface area contributed by atoms with Gasteiger partial charge in [-0.2, -0.15) is 4.68 Å². The smallest absolute Gasteiger partial charge is 0.390 e. The molecule has 0 aliphatic heterocycles. The number of imidazole rings is 1. The quantitative estimate of drug-likeness (QED) is 0.484. The molecular formula is C22H25FN6O3. The average Bonchev–Trinajstić information content (AvgIpc) is 3.51. The van der Waals surface area contributed by atoms with E-state index in [-0.39, 0.29) is 35.8 Å². The van der Waals surface area contributed by atoms with E-state index in [2.05, 4.69) is 15.1 Å². The Morgan fingerprint density at radius 2 is 1.81 bits per heavy atom. The number of hydrogen-bond donors (Lipinski definition) is 0. The van der Waals surface area contributed by atoms with Crippen molar-refractivity contribution < 1.29 is 8.81 Å². The van der Waals surface area contributed by atoms with Crippen molar-refractivity contribution in [1.29, 1.82) is 0 Å². The first-order valence-corrected chi connectivity index (χ1v) is 10.7. The van der Waals surface area contributed by atoms with Gasteiger partial charge in [0, 0.05) is 7.05 Å². The summed E-state index contributed by atoms with van der Waals surface area (Å²) in [5.41, 5.74) is 1.51. The van der Waals surface area contributed by atoms with Crippen molar-refractivity contribution in [1.82, 2.24) is 28.9 Å². The van der Waals surface area contributed by atoms with E-state index in [1.165, 1.54) is 34.0 Å². The minimum Gasteiger partial charge on any atom is -0.390 e. The maximum atomic E-state index is 13.2. The van der Waals surface area contributed by atoms with Crippen molar-refractivity contribution in [2.24, 2.45) is 7.05 Å². The molecule has 3 heterocycles. The molecule has 1 saturated carbocycles. The highest BCUT2D eigenvalue weighted by Crippen LogP contribution is 2.40. The van der Waals surface area contributed by atoms with Crippen LogP contribution < -0.4 is 11.3 Å². The van der Waals surface area contributed by atoms with E-state index < -0.39 is 5.76 Å². The van der Waals surface area contributed by atoms with Gasteiger partial charge in [-0.3, -0.25) is 9.36 Å². The monoisotopic (exact) mass is 440 g/mol. The Kier molecular flexibility index (Phi) is 6.02. The van der Waals surface area contributed by atoms with Crippen molar-refractivity contribution >= 4 is 11.2 Å². The second-order valence-corrected chi connectivity index (χ2v) is 7.63. The highest BCUT2D eigenvalue weighted by Gasteiger charge is 2.30. The molecule has 5 rings (SSSR count). The van der Waals surface area contributed by atoms with Crippen LogP contribution in [0.25, 0.3) is 11.2 Å². The first-order valence-electron chi connectivity index (χ1n) is 10.7. The summed E-state index contributed by atoms with van der Waals surface area (Å²) in [6.07, 6.45) is 5.27. The molecule has 0 spiro atoms. The fourth-order valence-corrected chi connectivity index (χ4v) is 4.17. The van der Waals surface area contributed by atoms with Gasteiger partial charge >= 0.3 is 5.76 Å². The highest BCUT2D eigenvalue weighted by atomic mass is 19.1. The summed E-state index contributed by atoms with van der Waals surface area (Å²) in [6.45, 7) is 4.00. The fraction of sp³-hybridized carbons (Fsp3) is 0.409. The zero-order valence-electron chi connectivity index (χ0n) is 18.2. The van der Waals surface area contributed by atoms with Crippen LogP contribution in [0.1, 0.15) is 56.5 Å². The summed E-state index contributed by atoms with van der Waals surface area (Å²) in [7, 11) is 1.72. The lowest BCUT2D eigenvalue weighted by molar-refractivity contribution is 0.401. The van der Waals surface area contributed by atoms with Gasteiger partial charge < -0.3 is 8.98 Å².